The van der Waals surface area contributed by atoms with Crippen molar-refractivity contribution in [2.75, 3.05) is 5.32 Å². The molecule has 1 aromatic heterocycles. The van der Waals surface area contributed by atoms with E-state index in [-0.39, 0.29) is 0 Å². The first-order valence-electron chi connectivity index (χ1n) is 8.90. The largest absolute Gasteiger partial charge is 0.424 e. The summed E-state index contributed by atoms with van der Waals surface area (Å²) in [6, 6.07) is 13.2. The van der Waals surface area contributed by atoms with Crippen LogP contribution >= 0.6 is 11.3 Å². The normalized spacial score (nSPS) is 14.8. The van der Waals surface area contributed by atoms with E-state index < -0.39 is 29.1 Å². The summed E-state index contributed by atoms with van der Waals surface area (Å²) in [5.41, 5.74) is 1.73. The highest BCUT2D eigenvalue weighted by Crippen LogP contribution is 2.43. The lowest BCUT2D eigenvalue weighted by atomic mass is 9.99. The highest BCUT2D eigenvalue weighted by atomic mass is 32.1. The number of benzene rings is 2. The van der Waals surface area contributed by atoms with Crippen LogP contribution in [0.15, 0.2) is 47.8 Å². The number of hydrogen-bond donors (Lipinski definition) is 2. The van der Waals surface area contributed by atoms with Crippen molar-refractivity contribution in [2.24, 2.45) is 0 Å². The number of aryl methyl sites for hydroxylation is 1. The average molecular weight is 418 g/mol. The molecule has 0 saturated heterocycles. The molecule has 150 valence electrons. The van der Waals surface area contributed by atoms with Crippen LogP contribution in [0, 0.1) is 6.92 Å². The minimum absolute atomic E-state index is 0.353. The van der Waals surface area contributed by atoms with Gasteiger partial charge in [0.05, 0.1) is 6.42 Å². The predicted molar refractivity (Wildman–Crippen MR) is 105 cm³/mol. The van der Waals surface area contributed by atoms with E-state index in [0.29, 0.717) is 29.1 Å². The molecule has 4 rings (SSSR count). The van der Waals surface area contributed by atoms with Gasteiger partial charge in [-0.15, -0.1) is 11.3 Å². The van der Waals surface area contributed by atoms with Gasteiger partial charge in [0.15, 0.2) is 0 Å². The Morgan fingerprint density at radius 3 is 2.59 bits per heavy atom. The molecule has 0 radical (unpaired) electrons. The van der Waals surface area contributed by atoms with Gasteiger partial charge in [-0.25, -0.2) is 4.98 Å². The van der Waals surface area contributed by atoms with Crippen LogP contribution in [-0.2, 0) is 16.8 Å². The molecule has 1 aliphatic rings. The molecule has 2 aromatic carbocycles. The Hall–Kier alpha value is -2.71. The van der Waals surface area contributed by atoms with E-state index in [4.69, 9.17) is 0 Å². The number of nitrogens with zero attached hydrogens (tertiary/aromatic N) is 1. The maximum atomic E-state index is 13.6. The number of carbonyl (C=O) groups excluding carboxylic acids is 1. The summed E-state index contributed by atoms with van der Waals surface area (Å²) in [5.74, 6) is -0.937. The number of hydrogen-bond acceptors (Lipinski definition) is 4. The van der Waals surface area contributed by atoms with Gasteiger partial charge < -0.3 is 10.4 Å². The quantitative estimate of drug-likeness (QED) is 0.500. The second-order valence-corrected chi connectivity index (χ2v) is 7.94. The Kier molecular flexibility index (Phi) is 4.71. The first-order valence-corrected chi connectivity index (χ1v) is 9.78. The summed E-state index contributed by atoms with van der Waals surface area (Å²) in [4.78, 5) is 16.1. The van der Waals surface area contributed by atoms with Gasteiger partial charge in [0, 0.05) is 16.8 Å². The van der Waals surface area contributed by atoms with Crippen molar-refractivity contribution in [1.29, 1.82) is 0 Å². The van der Waals surface area contributed by atoms with Gasteiger partial charge >= 0.3 is 6.18 Å². The van der Waals surface area contributed by atoms with Gasteiger partial charge in [-0.05, 0) is 47.7 Å². The zero-order chi connectivity index (χ0) is 20.8. The Labute approximate surface area is 169 Å². The van der Waals surface area contributed by atoms with Crippen molar-refractivity contribution < 1.29 is 23.1 Å². The van der Waals surface area contributed by atoms with Crippen LogP contribution in [0.2, 0.25) is 0 Å². The lowest BCUT2D eigenvalue weighted by Gasteiger charge is -2.27. The number of aliphatic hydroxyl groups is 1. The molecule has 0 bridgehead atoms. The van der Waals surface area contributed by atoms with Gasteiger partial charge in [-0.3, -0.25) is 4.79 Å². The average Bonchev–Trinajstić information content (AvgIpc) is 3.23. The topological polar surface area (TPSA) is 62.2 Å². The van der Waals surface area contributed by atoms with Gasteiger partial charge in [0.25, 0.3) is 0 Å². The summed E-state index contributed by atoms with van der Waals surface area (Å²) in [5, 5.41) is 13.7. The first kappa shape index (κ1) is 19.6. The zero-order valence-electron chi connectivity index (χ0n) is 15.4. The number of fused-ring (bicyclic) bond motifs is 3. The lowest BCUT2D eigenvalue weighted by Crippen LogP contribution is -2.45. The highest BCUT2D eigenvalue weighted by Gasteiger charge is 2.58. The number of thiazole rings is 1. The van der Waals surface area contributed by atoms with E-state index in [1.165, 1.54) is 12.3 Å². The molecule has 1 unspecified atom stereocenters. The number of alkyl halides is 3. The number of anilines is 1. The zero-order valence-corrected chi connectivity index (χ0v) is 16.2. The summed E-state index contributed by atoms with van der Waals surface area (Å²) in [6.45, 7) is 1.53. The van der Waals surface area contributed by atoms with Crippen molar-refractivity contribution in [3.05, 3.63) is 69.7 Å². The summed E-state index contributed by atoms with van der Waals surface area (Å²) in [7, 11) is 0. The number of rotatable bonds is 4. The fourth-order valence-electron chi connectivity index (χ4n) is 3.50. The molecule has 1 atom stereocenters. The van der Waals surface area contributed by atoms with Crippen molar-refractivity contribution >= 4 is 22.9 Å². The van der Waals surface area contributed by atoms with Crippen molar-refractivity contribution in [1.82, 2.24) is 4.98 Å². The second-order valence-electron chi connectivity index (χ2n) is 7.08. The molecule has 0 saturated carbocycles. The van der Waals surface area contributed by atoms with Gasteiger partial charge in [0.1, 0.15) is 5.01 Å². The standard InChI is InChI=1S/C21H17F3N2O2S/c1-12-11-29-19(25-12)20(28,21(22,23)24)10-18(27)26-15-6-7-17-14(9-15)8-13-4-2-3-5-16(13)17/h2-7,9,11,28H,8,10H2,1H3,(H,26,27). The molecule has 4 nitrogen and oxygen atoms in total. The number of carbonyl (C=O) groups is 1. The van der Waals surface area contributed by atoms with Crippen molar-refractivity contribution in [2.45, 2.75) is 31.5 Å². The summed E-state index contributed by atoms with van der Waals surface area (Å²) in [6.07, 6.45) is -5.50. The minimum Gasteiger partial charge on any atom is -0.374 e. The molecule has 1 heterocycles. The second kappa shape index (κ2) is 6.96. The van der Waals surface area contributed by atoms with Crippen LogP contribution in [-0.4, -0.2) is 22.2 Å². The fourth-order valence-corrected chi connectivity index (χ4v) is 4.42. The third-order valence-corrected chi connectivity index (χ3v) is 6.05. The third-order valence-electron chi connectivity index (χ3n) is 4.94. The van der Waals surface area contributed by atoms with E-state index in [2.05, 4.69) is 10.3 Å². The molecule has 0 spiro atoms. The van der Waals surface area contributed by atoms with Gasteiger partial charge in [0.2, 0.25) is 11.5 Å². The third kappa shape index (κ3) is 3.54. The molecule has 2 N–H and O–H groups in total. The van der Waals surface area contributed by atoms with E-state index in [0.717, 1.165) is 22.3 Å². The number of nitrogens with one attached hydrogen (secondary N) is 1. The van der Waals surface area contributed by atoms with Crippen LogP contribution in [0.5, 0.6) is 0 Å². The molecule has 0 fully saturated rings. The predicted octanol–water partition coefficient (Wildman–Crippen LogP) is 4.80. The van der Waals surface area contributed by atoms with E-state index in [9.17, 15) is 23.1 Å². The highest BCUT2D eigenvalue weighted by molar-refractivity contribution is 7.09. The summed E-state index contributed by atoms with van der Waals surface area (Å²) < 4.78 is 40.7. The van der Waals surface area contributed by atoms with Crippen LogP contribution in [0.3, 0.4) is 0 Å². The van der Waals surface area contributed by atoms with Crippen LogP contribution in [0.4, 0.5) is 18.9 Å². The van der Waals surface area contributed by atoms with Crippen LogP contribution in [0.25, 0.3) is 11.1 Å². The van der Waals surface area contributed by atoms with Crippen LogP contribution in [0.1, 0.15) is 28.2 Å². The molecular formula is C21H17F3N2O2S. The Balaban J connectivity index is 1.54. The first-order chi connectivity index (χ1) is 13.7. The molecule has 8 heteroatoms. The molecular weight excluding hydrogens is 401 g/mol. The smallest absolute Gasteiger partial charge is 0.374 e. The van der Waals surface area contributed by atoms with Gasteiger partial charge in [-0.2, -0.15) is 13.2 Å². The molecule has 0 aliphatic heterocycles. The van der Waals surface area contributed by atoms with E-state index >= 15 is 0 Å². The lowest BCUT2D eigenvalue weighted by molar-refractivity contribution is -0.266. The minimum atomic E-state index is -5.03. The van der Waals surface area contributed by atoms with Crippen molar-refractivity contribution in [3.8, 4) is 11.1 Å². The molecule has 3 aromatic rings. The SMILES string of the molecule is Cc1csc(C(O)(CC(=O)Nc2ccc3c(c2)Cc2ccccc2-3)C(F)(F)F)n1. The Bertz CT molecular complexity index is 1090. The Morgan fingerprint density at radius 1 is 1.17 bits per heavy atom. The molecule has 1 aliphatic carbocycles. The van der Waals surface area contributed by atoms with Crippen LogP contribution < -0.4 is 5.32 Å². The Morgan fingerprint density at radius 2 is 1.90 bits per heavy atom. The number of aromatic nitrogens is 1. The monoisotopic (exact) mass is 418 g/mol. The summed E-state index contributed by atoms with van der Waals surface area (Å²) >= 11 is 0.680. The molecule has 1 amide bonds. The number of amides is 1. The van der Waals surface area contributed by atoms with Gasteiger partial charge in [-0.1, -0.05) is 30.3 Å². The maximum Gasteiger partial charge on any atom is 0.424 e. The fraction of sp³-hybridized carbons (Fsp3) is 0.238. The van der Waals surface area contributed by atoms with E-state index in [1.807, 2.05) is 30.3 Å². The maximum absolute atomic E-state index is 13.6. The van der Waals surface area contributed by atoms with E-state index in [1.54, 1.807) is 12.1 Å². The number of halogens is 3. The molecule has 29 heavy (non-hydrogen) atoms. The van der Waals surface area contributed by atoms with Crippen molar-refractivity contribution in [3.63, 3.8) is 0 Å².